The standard InChI is InChI=1S/C13H29N3O2S2/c1-12(2)14-8-6-9-16(3)20(17,18)15-11-13-7-4-5-10-19-13/h12-15H,4-11H2,1-3H3. The van der Waals surface area contributed by atoms with Crippen molar-refractivity contribution in [3.63, 3.8) is 0 Å². The molecule has 0 aromatic heterocycles. The zero-order valence-electron chi connectivity index (χ0n) is 12.9. The lowest BCUT2D eigenvalue weighted by Gasteiger charge is -2.23. The highest BCUT2D eigenvalue weighted by molar-refractivity contribution is 8.00. The molecule has 0 bridgehead atoms. The third-order valence-electron chi connectivity index (χ3n) is 3.38. The molecule has 1 aliphatic rings. The molecule has 5 nitrogen and oxygen atoms in total. The van der Waals surface area contributed by atoms with E-state index in [0.29, 0.717) is 24.4 Å². The Labute approximate surface area is 128 Å². The molecule has 1 unspecified atom stereocenters. The van der Waals surface area contributed by atoms with Gasteiger partial charge in [0.05, 0.1) is 0 Å². The average Bonchev–Trinajstić information content (AvgIpc) is 2.42. The first-order valence-electron chi connectivity index (χ1n) is 7.47. The van der Waals surface area contributed by atoms with E-state index in [9.17, 15) is 8.42 Å². The lowest BCUT2D eigenvalue weighted by Crippen LogP contribution is -2.42. The van der Waals surface area contributed by atoms with Gasteiger partial charge >= 0.3 is 0 Å². The molecule has 2 N–H and O–H groups in total. The minimum absolute atomic E-state index is 0.439. The third kappa shape index (κ3) is 7.26. The second kappa shape index (κ2) is 9.25. The van der Waals surface area contributed by atoms with Crippen LogP contribution in [0, 0.1) is 0 Å². The summed E-state index contributed by atoms with van der Waals surface area (Å²) < 4.78 is 28.3. The fourth-order valence-corrected chi connectivity index (χ4v) is 4.44. The first-order valence-corrected chi connectivity index (χ1v) is 9.96. The van der Waals surface area contributed by atoms with E-state index < -0.39 is 10.2 Å². The molecule has 7 heteroatoms. The molecule has 0 saturated carbocycles. The van der Waals surface area contributed by atoms with Gasteiger partial charge < -0.3 is 5.32 Å². The maximum atomic E-state index is 12.1. The van der Waals surface area contributed by atoms with Crippen molar-refractivity contribution in [2.45, 2.75) is 50.8 Å². The van der Waals surface area contributed by atoms with E-state index in [1.807, 2.05) is 11.8 Å². The Hall–Kier alpha value is 0.180. The average molecular weight is 324 g/mol. The quantitative estimate of drug-likeness (QED) is 0.630. The fourth-order valence-electron chi connectivity index (χ4n) is 2.09. The minimum atomic E-state index is -3.32. The van der Waals surface area contributed by atoms with Crippen LogP contribution in [0.5, 0.6) is 0 Å². The maximum Gasteiger partial charge on any atom is 0.279 e. The number of rotatable bonds is 9. The molecule has 0 spiro atoms. The van der Waals surface area contributed by atoms with Gasteiger partial charge in [-0.3, -0.25) is 0 Å². The summed E-state index contributed by atoms with van der Waals surface area (Å²) >= 11 is 1.88. The highest BCUT2D eigenvalue weighted by atomic mass is 32.2. The molecule has 1 saturated heterocycles. The van der Waals surface area contributed by atoms with Crippen LogP contribution in [0.2, 0.25) is 0 Å². The van der Waals surface area contributed by atoms with Crippen LogP contribution < -0.4 is 10.0 Å². The van der Waals surface area contributed by atoms with Gasteiger partial charge in [0.2, 0.25) is 0 Å². The molecule has 0 radical (unpaired) electrons. The van der Waals surface area contributed by atoms with Gasteiger partial charge in [-0.25, -0.2) is 4.72 Å². The third-order valence-corrected chi connectivity index (χ3v) is 6.31. The normalized spacial score (nSPS) is 20.8. The summed E-state index contributed by atoms with van der Waals surface area (Å²) in [6.07, 6.45) is 4.43. The molecule has 0 aromatic rings. The number of hydrogen-bond donors (Lipinski definition) is 2. The van der Waals surface area contributed by atoms with Gasteiger partial charge in [0.1, 0.15) is 0 Å². The van der Waals surface area contributed by atoms with Crippen molar-refractivity contribution in [2.24, 2.45) is 0 Å². The molecular weight excluding hydrogens is 294 g/mol. The van der Waals surface area contributed by atoms with Crippen LogP contribution in [-0.4, -0.2) is 56.4 Å². The number of nitrogens with one attached hydrogen (secondary N) is 2. The first-order chi connectivity index (χ1) is 9.42. The zero-order valence-corrected chi connectivity index (χ0v) is 14.5. The topological polar surface area (TPSA) is 61.4 Å². The predicted octanol–water partition coefficient (Wildman–Crippen LogP) is 1.43. The van der Waals surface area contributed by atoms with Crippen molar-refractivity contribution in [1.29, 1.82) is 0 Å². The van der Waals surface area contributed by atoms with Crippen LogP contribution in [0.25, 0.3) is 0 Å². The molecule has 1 heterocycles. The Morgan fingerprint density at radius 1 is 1.35 bits per heavy atom. The van der Waals surface area contributed by atoms with Gasteiger partial charge in [-0.05, 0) is 31.6 Å². The number of nitrogens with zero attached hydrogens (tertiary/aromatic N) is 1. The highest BCUT2D eigenvalue weighted by Gasteiger charge is 2.20. The van der Waals surface area contributed by atoms with Crippen LogP contribution in [0.15, 0.2) is 0 Å². The lowest BCUT2D eigenvalue weighted by molar-refractivity contribution is 0.438. The van der Waals surface area contributed by atoms with E-state index >= 15 is 0 Å². The summed E-state index contributed by atoms with van der Waals surface area (Å²) in [6.45, 7) is 6.12. The molecule has 0 aromatic carbocycles. The van der Waals surface area contributed by atoms with Gasteiger partial charge in [-0.1, -0.05) is 20.3 Å². The Kier molecular flexibility index (Phi) is 8.43. The predicted molar refractivity (Wildman–Crippen MR) is 87.4 cm³/mol. The molecule has 0 amide bonds. The van der Waals surface area contributed by atoms with Crippen LogP contribution in [0.1, 0.15) is 39.5 Å². The van der Waals surface area contributed by atoms with Crippen molar-refractivity contribution in [1.82, 2.24) is 14.3 Å². The number of hydrogen-bond acceptors (Lipinski definition) is 4. The summed E-state index contributed by atoms with van der Waals surface area (Å²) in [5, 5.41) is 3.73. The Morgan fingerprint density at radius 3 is 2.70 bits per heavy atom. The van der Waals surface area contributed by atoms with Gasteiger partial charge in [-0.2, -0.15) is 24.5 Å². The fraction of sp³-hybridized carbons (Fsp3) is 1.00. The Bertz CT molecular complexity index is 355. The molecule has 1 atom stereocenters. The largest absolute Gasteiger partial charge is 0.314 e. The van der Waals surface area contributed by atoms with Gasteiger partial charge in [-0.15, -0.1) is 0 Å². The second-order valence-electron chi connectivity index (χ2n) is 5.63. The van der Waals surface area contributed by atoms with Gasteiger partial charge in [0.15, 0.2) is 0 Å². The molecule has 120 valence electrons. The summed E-state index contributed by atoms with van der Waals surface area (Å²) in [4.78, 5) is 0. The smallest absolute Gasteiger partial charge is 0.279 e. The van der Waals surface area contributed by atoms with Gasteiger partial charge in [0.25, 0.3) is 10.2 Å². The van der Waals surface area contributed by atoms with Crippen LogP contribution >= 0.6 is 11.8 Å². The van der Waals surface area contributed by atoms with Crippen LogP contribution in [0.3, 0.4) is 0 Å². The van der Waals surface area contributed by atoms with Crippen molar-refractivity contribution < 1.29 is 8.42 Å². The molecule has 1 aliphatic heterocycles. The van der Waals surface area contributed by atoms with Crippen molar-refractivity contribution in [3.05, 3.63) is 0 Å². The Balaban J connectivity index is 2.23. The second-order valence-corrected chi connectivity index (χ2v) is 8.90. The van der Waals surface area contributed by atoms with E-state index in [1.54, 1.807) is 7.05 Å². The van der Waals surface area contributed by atoms with Gasteiger partial charge in [0, 0.05) is 31.4 Å². The monoisotopic (exact) mass is 323 g/mol. The minimum Gasteiger partial charge on any atom is -0.314 e. The molecule has 1 fully saturated rings. The van der Waals surface area contributed by atoms with E-state index in [1.165, 1.54) is 17.1 Å². The summed E-state index contributed by atoms with van der Waals surface area (Å²) in [5.41, 5.74) is 0. The molecular formula is C13H29N3O2S2. The summed E-state index contributed by atoms with van der Waals surface area (Å²) in [6, 6.07) is 0.443. The van der Waals surface area contributed by atoms with Crippen LogP contribution in [-0.2, 0) is 10.2 Å². The van der Waals surface area contributed by atoms with E-state index in [2.05, 4.69) is 23.9 Å². The van der Waals surface area contributed by atoms with Crippen molar-refractivity contribution in [3.8, 4) is 0 Å². The Morgan fingerprint density at radius 2 is 2.10 bits per heavy atom. The van der Waals surface area contributed by atoms with Crippen molar-refractivity contribution in [2.75, 3.05) is 32.4 Å². The molecule has 1 rings (SSSR count). The van der Waals surface area contributed by atoms with E-state index in [4.69, 9.17) is 0 Å². The first kappa shape index (κ1) is 18.2. The van der Waals surface area contributed by atoms with Crippen LogP contribution in [0.4, 0.5) is 0 Å². The highest BCUT2D eigenvalue weighted by Crippen LogP contribution is 2.24. The van der Waals surface area contributed by atoms with E-state index in [-0.39, 0.29) is 0 Å². The summed E-state index contributed by atoms with van der Waals surface area (Å²) in [5.74, 6) is 1.16. The lowest BCUT2D eigenvalue weighted by atomic mass is 10.2. The zero-order chi connectivity index (χ0) is 15.0. The molecule has 20 heavy (non-hydrogen) atoms. The SMILES string of the molecule is CC(C)NCCCN(C)S(=O)(=O)NCC1CCCCS1. The summed E-state index contributed by atoms with van der Waals surface area (Å²) in [7, 11) is -1.67. The van der Waals surface area contributed by atoms with Crippen molar-refractivity contribution >= 4 is 22.0 Å². The number of thioether (sulfide) groups is 1. The molecule has 0 aliphatic carbocycles. The maximum absolute atomic E-state index is 12.1. The van der Waals surface area contributed by atoms with E-state index in [0.717, 1.165) is 25.1 Å².